The molecule has 2 aromatic rings. The molecule has 0 unspecified atom stereocenters. The molecule has 0 fully saturated rings. The van der Waals surface area contributed by atoms with Crippen LogP contribution in [0.4, 0.5) is 4.39 Å². The molecule has 5 heteroatoms. The minimum absolute atomic E-state index is 0.100. The van der Waals surface area contributed by atoms with Crippen LogP contribution in [0, 0.1) is 12.7 Å². The van der Waals surface area contributed by atoms with Crippen LogP contribution in [0.25, 0.3) is 0 Å². The maximum absolute atomic E-state index is 13.7. The third-order valence-corrected chi connectivity index (χ3v) is 2.96. The fraction of sp³-hybridized carbons (Fsp3) is 0.154. The van der Waals surface area contributed by atoms with E-state index in [1.165, 1.54) is 6.07 Å². The van der Waals surface area contributed by atoms with E-state index in [2.05, 4.69) is 4.98 Å². The van der Waals surface area contributed by atoms with Gasteiger partial charge in [0.1, 0.15) is 5.02 Å². The van der Waals surface area contributed by atoms with Crippen molar-refractivity contribution in [3.05, 3.63) is 52.4 Å². The summed E-state index contributed by atoms with van der Waals surface area (Å²) in [6.07, 6.45) is 1.54. The number of alkyl halides is 1. The van der Waals surface area contributed by atoms with Gasteiger partial charge < -0.3 is 4.74 Å². The molecule has 0 radical (unpaired) electrons. The zero-order chi connectivity index (χ0) is 13.1. The summed E-state index contributed by atoms with van der Waals surface area (Å²) in [7, 11) is 0. The maximum atomic E-state index is 13.7. The van der Waals surface area contributed by atoms with Crippen LogP contribution in [-0.2, 0) is 5.88 Å². The van der Waals surface area contributed by atoms with E-state index in [-0.39, 0.29) is 11.6 Å². The van der Waals surface area contributed by atoms with Gasteiger partial charge in [-0.25, -0.2) is 9.37 Å². The number of benzene rings is 1. The molecule has 2 rings (SSSR count). The number of ether oxygens (including phenoxy) is 1. The molecule has 0 aliphatic heterocycles. The van der Waals surface area contributed by atoms with Gasteiger partial charge in [-0.05, 0) is 30.2 Å². The highest BCUT2D eigenvalue weighted by Crippen LogP contribution is 2.30. The summed E-state index contributed by atoms with van der Waals surface area (Å²) in [5, 5.41) is 0.300. The number of nitrogens with zero attached hydrogens (tertiary/aromatic N) is 1. The summed E-state index contributed by atoms with van der Waals surface area (Å²) in [5.74, 6) is 0.154. The zero-order valence-electron chi connectivity index (χ0n) is 9.58. The molecule has 0 spiro atoms. The predicted molar refractivity (Wildman–Crippen MR) is 70.0 cm³/mol. The fourth-order valence-electron chi connectivity index (χ4n) is 1.42. The molecule has 0 saturated heterocycles. The van der Waals surface area contributed by atoms with E-state index in [9.17, 15) is 4.39 Å². The first-order valence-electron chi connectivity index (χ1n) is 5.25. The maximum Gasteiger partial charge on any atom is 0.238 e. The molecule has 94 valence electrons. The van der Waals surface area contributed by atoms with Crippen LogP contribution in [0.2, 0.25) is 5.02 Å². The number of aryl methyl sites for hydroxylation is 1. The number of hydrogen-bond donors (Lipinski definition) is 0. The highest BCUT2D eigenvalue weighted by molar-refractivity contribution is 6.32. The molecule has 0 N–H and O–H groups in total. The Morgan fingerprint density at radius 1 is 1.39 bits per heavy atom. The minimum atomic E-state index is -0.420. The Morgan fingerprint density at radius 3 is 2.83 bits per heavy atom. The number of pyridine rings is 1. The van der Waals surface area contributed by atoms with Crippen LogP contribution >= 0.6 is 23.2 Å². The van der Waals surface area contributed by atoms with Crippen LogP contribution in [0.5, 0.6) is 11.6 Å². The van der Waals surface area contributed by atoms with Crippen molar-refractivity contribution in [2.45, 2.75) is 12.8 Å². The first kappa shape index (κ1) is 13.1. The molecule has 18 heavy (non-hydrogen) atoms. The van der Waals surface area contributed by atoms with Crippen molar-refractivity contribution in [2.24, 2.45) is 0 Å². The third kappa shape index (κ3) is 2.74. The molecule has 2 nitrogen and oxygen atoms in total. The van der Waals surface area contributed by atoms with Crippen molar-refractivity contribution in [1.29, 1.82) is 0 Å². The Bertz CT molecular complexity index is 575. The summed E-state index contributed by atoms with van der Waals surface area (Å²) in [6.45, 7) is 1.66. The first-order valence-corrected chi connectivity index (χ1v) is 6.16. The van der Waals surface area contributed by atoms with Crippen molar-refractivity contribution in [2.75, 3.05) is 0 Å². The van der Waals surface area contributed by atoms with Crippen LogP contribution < -0.4 is 4.74 Å². The van der Waals surface area contributed by atoms with Gasteiger partial charge in [-0.3, -0.25) is 0 Å². The van der Waals surface area contributed by atoms with E-state index in [0.717, 1.165) is 5.56 Å². The molecule has 0 saturated carbocycles. The van der Waals surface area contributed by atoms with Gasteiger partial charge in [0, 0.05) is 12.1 Å². The SMILES string of the molecule is Cc1cccc(Oc2ncc(CCl)cc2Cl)c1F. The monoisotopic (exact) mass is 285 g/mol. The average molecular weight is 286 g/mol. The summed E-state index contributed by atoms with van der Waals surface area (Å²) in [6, 6.07) is 6.53. The highest BCUT2D eigenvalue weighted by atomic mass is 35.5. The number of hydrogen-bond acceptors (Lipinski definition) is 2. The van der Waals surface area contributed by atoms with Gasteiger partial charge in [-0.2, -0.15) is 0 Å². The lowest BCUT2D eigenvalue weighted by molar-refractivity contribution is 0.425. The zero-order valence-corrected chi connectivity index (χ0v) is 11.1. The van der Waals surface area contributed by atoms with Crippen molar-refractivity contribution in [3.8, 4) is 11.6 Å². The van der Waals surface area contributed by atoms with Gasteiger partial charge in [0.05, 0.1) is 0 Å². The topological polar surface area (TPSA) is 22.1 Å². The lowest BCUT2D eigenvalue weighted by Gasteiger charge is -2.09. The molecule has 0 amide bonds. The molecule has 0 aliphatic carbocycles. The van der Waals surface area contributed by atoms with E-state index < -0.39 is 5.82 Å². The summed E-state index contributed by atoms with van der Waals surface area (Å²) in [5.41, 5.74) is 1.28. The van der Waals surface area contributed by atoms with Gasteiger partial charge in [0.15, 0.2) is 11.6 Å². The van der Waals surface area contributed by atoms with E-state index in [4.69, 9.17) is 27.9 Å². The van der Waals surface area contributed by atoms with Crippen LogP contribution in [-0.4, -0.2) is 4.98 Å². The number of halogens is 3. The average Bonchev–Trinajstić information content (AvgIpc) is 2.37. The second-order valence-corrected chi connectivity index (χ2v) is 4.43. The quantitative estimate of drug-likeness (QED) is 0.762. The summed E-state index contributed by atoms with van der Waals surface area (Å²) >= 11 is 11.6. The van der Waals surface area contributed by atoms with E-state index in [1.807, 2.05) is 0 Å². The van der Waals surface area contributed by atoms with Gasteiger partial charge in [0.25, 0.3) is 0 Å². The van der Waals surface area contributed by atoms with Crippen molar-refractivity contribution < 1.29 is 9.13 Å². The smallest absolute Gasteiger partial charge is 0.238 e. The molecule has 1 aromatic carbocycles. The Hall–Kier alpha value is -1.32. The molecular formula is C13H10Cl2FNO. The van der Waals surface area contributed by atoms with Gasteiger partial charge in [-0.1, -0.05) is 23.7 Å². The Balaban J connectivity index is 2.31. The molecule has 1 aromatic heterocycles. The number of aromatic nitrogens is 1. The molecular weight excluding hydrogens is 276 g/mol. The lowest BCUT2D eigenvalue weighted by Crippen LogP contribution is -1.94. The normalized spacial score (nSPS) is 10.4. The first-order chi connectivity index (χ1) is 8.61. The van der Waals surface area contributed by atoms with Gasteiger partial charge in [-0.15, -0.1) is 11.6 Å². The van der Waals surface area contributed by atoms with E-state index >= 15 is 0 Å². The largest absolute Gasteiger partial charge is 0.434 e. The summed E-state index contributed by atoms with van der Waals surface area (Å²) in [4.78, 5) is 4.01. The van der Waals surface area contributed by atoms with Gasteiger partial charge >= 0.3 is 0 Å². The Kier molecular flexibility index (Phi) is 4.04. The minimum Gasteiger partial charge on any atom is -0.434 e. The van der Waals surface area contributed by atoms with E-state index in [0.29, 0.717) is 16.5 Å². The summed E-state index contributed by atoms with van der Waals surface area (Å²) < 4.78 is 19.1. The number of rotatable bonds is 3. The van der Waals surface area contributed by atoms with Crippen molar-refractivity contribution >= 4 is 23.2 Å². The highest BCUT2D eigenvalue weighted by Gasteiger charge is 2.10. The molecule has 0 aliphatic rings. The predicted octanol–water partition coefficient (Wildman–Crippen LogP) is 4.71. The second kappa shape index (κ2) is 5.55. The molecule has 1 heterocycles. The van der Waals surface area contributed by atoms with Gasteiger partial charge in [0.2, 0.25) is 5.88 Å². The van der Waals surface area contributed by atoms with Crippen molar-refractivity contribution in [3.63, 3.8) is 0 Å². The molecule has 0 bridgehead atoms. The third-order valence-electron chi connectivity index (χ3n) is 2.38. The van der Waals surface area contributed by atoms with E-state index in [1.54, 1.807) is 31.3 Å². The standard InChI is InChI=1S/C13H10Cl2FNO/c1-8-3-2-4-11(12(8)16)18-13-10(15)5-9(6-14)7-17-13/h2-5,7H,6H2,1H3. The lowest BCUT2D eigenvalue weighted by atomic mass is 10.2. The van der Waals surface area contributed by atoms with Crippen LogP contribution in [0.3, 0.4) is 0 Å². The second-order valence-electron chi connectivity index (χ2n) is 3.75. The Morgan fingerprint density at radius 2 is 2.17 bits per heavy atom. The van der Waals surface area contributed by atoms with Crippen molar-refractivity contribution in [1.82, 2.24) is 4.98 Å². The molecule has 0 atom stereocenters. The van der Waals surface area contributed by atoms with Crippen LogP contribution in [0.1, 0.15) is 11.1 Å². The Labute approximate surface area is 114 Å². The fourth-order valence-corrected chi connectivity index (χ4v) is 1.79. The van der Waals surface area contributed by atoms with Crippen LogP contribution in [0.15, 0.2) is 30.5 Å².